The number of pyridine rings is 1. The van der Waals surface area contributed by atoms with Crippen molar-refractivity contribution < 1.29 is 4.79 Å². The molecule has 0 aliphatic rings. The summed E-state index contributed by atoms with van der Waals surface area (Å²) >= 11 is 6.08. The normalized spacial score (nSPS) is 10.7. The van der Waals surface area contributed by atoms with Crippen molar-refractivity contribution in [3.8, 4) is 0 Å². The molecule has 0 aliphatic carbocycles. The van der Waals surface area contributed by atoms with Gasteiger partial charge in [-0.05, 0) is 36.8 Å². The zero-order chi connectivity index (χ0) is 14.1. The number of halogens is 1. The average Bonchev–Trinajstić information content (AvgIpc) is 2.47. The number of carbonyl (C=O) groups is 1. The first kappa shape index (κ1) is 12.8. The lowest BCUT2D eigenvalue weighted by atomic mass is 10.0. The number of hydrogen-bond donors (Lipinski definition) is 0. The number of para-hydroxylation sites is 1. The van der Waals surface area contributed by atoms with Crippen molar-refractivity contribution in [2.75, 3.05) is 0 Å². The minimum absolute atomic E-state index is 0.149. The Labute approximate surface area is 122 Å². The van der Waals surface area contributed by atoms with Crippen LogP contribution in [0, 0.1) is 6.92 Å². The van der Waals surface area contributed by atoms with Crippen LogP contribution in [0.1, 0.15) is 21.6 Å². The van der Waals surface area contributed by atoms with Crippen LogP contribution in [-0.4, -0.2) is 10.8 Å². The van der Waals surface area contributed by atoms with Gasteiger partial charge in [-0.15, -0.1) is 0 Å². The molecule has 3 rings (SSSR count). The van der Waals surface area contributed by atoms with E-state index in [1.54, 1.807) is 24.3 Å². The van der Waals surface area contributed by atoms with Crippen molar-refractivity contribution in [1.29, 1.82) is 0 Å². The van der Waals surface area contributed by atoms with Crippen molar-refractivity contribution >= 4 is 28.3 Å². The van der Waals surface area contributed by atoms with E-state index in [0.717, 1.165) is 16.5 Å². The van der Waals surface area contributed by atoms with Crippen LogP contribution in [-0.2, 0) is 0 Å². The predicted molar refractivity (Wildman–Crippen MR) is 81.4 cm³/mol. The maximum absolute atomic E-state index is 12.5. The lowest BCUT2D eigenvalue weighted by molar-refractivity contribution is 0.103. The van der Waals surface area contributed by atoms with E-state index in [9.17, 15) is 4.79 Å². The number of hydrogen-bond acceptors (Lipinski definition) is 2. The topological polar surface area (TPSA) is 30.0 Å². The van der Waals surface area contributed by atoms with E-state index in [1.807, 2.05) is 37.3 Å². The fourth-order valence-corrected chi connectivity index (χ4v) is 2.47. The summed E-state index contributed by atoms with van der Waals surface area (Å²) < 4.78 is 0. The Bertz CT molecular complexity index is 811. The van der Waals surface area contributed by atoms with Crippen molar-refractivity contribution in [1.82, 2.24) is 4.98 Å². The number of nitrogens with zero attached hydrogens (tertiary/aromatic N) is 1. The summed E-state index contributed by atoms with van der Waals surface area (Å²) in [4.78, 5) is 17.0. The van der Waals surface area contributed by atoms with E-state index in [2.05, 4.69) is 4.98 Å². The highest BCUT2D eigenvalue weighted by Gasteiger charge is 2.15. The van der Waals surface area contributed by atoms with E-state index in [-0.39, 0.29) is 5.78 Å². The highest BCUT2D eigenvalue weighted by molar-refractivity contribution is 6.34. The fraction of sp³-hybridized carbons (Fsp3) is 0.0588. The first-order valence-electron chi connectivity index (χ1n) is 6.32. The van der Waals surface area contributed by atoms with Crippen molar-refractivity contribution in [2.24, 2.45) is 0 Å². The van der Waals surface area contributed by atoms with Gasteiger partial charge in [0.15, 0.2) is 0 Å². The molecule has 3 heteroatoms. The summed E-state index contributed by atoms with van der Waals surface area (Å²) in [6.45, 7) is 1.98. The highest BCUT2D eigenvalue weighted by Crippen LogP contribution is 2.22. The SMILES string of the molecule is Cc1cc(C(=O)c2ccccc2Cl)nc2ccccc12. The number of fused-ring (bicyclic) bond motifs is 1. The Balaban J connectivity index is 2.16. The lowest BCUT2D eigenvalue weighted by Gasteiger charge is -2.07. The predicted octanol–water partition coefficient (Wildman–Crippen LogP) is 4.43. The van der Waals surface area contributed by atoms with Crippen LogP contribution in [0.5, 0.6) is 0 Å². The maximum atomic E-state index is 12.5. The second-order valence-electron chi connectivity index (χ2n) is 4.65. The number of carbonyl (C=O) groups excluding carboxylic acids is 1. The molecular weight excluding hydrogens is 270 g/mol. The Morgan fingerprint density at radius 3 is 2.55 bits per heavy atom. The molecule has 1 heterocycles. The Morgan fingerprint density at radius 2 is 1.75 bits per heavy atom. The molecule has 2 nitrogen and oxygen atoms in total. The number of aromatic nitrogens is 1. The average molecular weight is 282 g/mol. The summed E-state index contributed by atoms with van der Waals surface area (Å²) in [5.41, 5.74) is 2.76. The molecule has 1 aromatic heterocycles. The third-order valence-electron chi connectivity index (χ3n) is 3.27. The van der Waals surface area contributed by atoms with Gasteiger partial charge in [0, 0.05) is 10.9 Å². The highest BCUT2D eigenvalue weighted by atomic mass is 35.5. The number of benzene rings is 2. The zero-order valence-electron chi connectivity index (χ0n) is 10.9. The smallest absolute Gasteiger partial charge is 0.212 e. The zero-order valence-corrected chi connectivity index (χ0v) is 11.7. The summed E-state index contributed by atoms with van der Waals surface area (Å²) in [5.74, 6) is -0.149. The molecular formula is C17H12ClNO. The van der Waals surface area contributed by atoms with Gasteiger partial charge in [0.2, 0.25) is 5.78 Å². The molecule has 0 aliphatic heterocycles. The molecule has 0 saturated carbocycles. The third kappa shape index (κ3) is 2.19. The summed E-state index contributed by atoms with van der Waals surface area (Å²) in [6, 6.07) is 16.6. The number of aryl methyl sites for hydroxylation is 1. The molecule has 3 aromatic rings. The van der Waals surface area contributed by atoms with Crippen molar-refractivity contribution in [3.63, 3.8) is 0 Å². The number of rotatable bonds is 2. The van der Waals surface area contributed by atoms with E-state index >= 15 is 0 Å². The molecule has 0 bridgehead atoms. The molecule has 0 atom stereocenters. The van der Waals surface area contributed by atoms with Gasteiger partial charge in [-0.2, -0.15) is 0 Å². The Kier molecular flexibility index (Phi) is 3.25. The summed E-state index contributed by atoms with van der Waals surface area (Å²) in [5, 5.41) is 1.51. The summed E-state index contributed by atoms with van der Waals surface area (Å²) in [7, 11) is 0. The minimum Gasteiger partial charge on any atom is -0.287 e. The molecule has 0 spiro atoms. The van der Waals surface area contributed by atoms with E-state index < -0.39 is 0 Å². The van der Waals surface area contributed by atoms with Crippen LogP contribution < -0.4 is 0 Å². The van der Waals surface area contributed by atoms with Crippen molar-refractivity contribution in [3.05, 3.63) is 76.4 Å². The van der Waals surface area contributed by atoms with Crippen LogP contribution in [0.4, 0.5) is 0 Å². The molecule has 2 aromatic carbocycles. The number of ketones is 1. The summed E-state index contributed by atoms with van der Waals surface area (Å²) in [6.07, 6.45) is 0. The van der Waals surface area contributed by atoms with Crippen molar-refractivity contribution in [2.45, 2.75) is 6.92 Å². The van der Waals surface area contributed by atoms with Gasteiger partial charge in [-0.25, -0.2) is 4.98 Å². The molecule has 0 fully saturated rings. The largest absolute Gasteiger partial charge is 0.287 e. The molecule has 20 heavy (non-hydrogen) atoms. The molecule has 0 N–H and O–H groups in total. The first-order chi connectivity index (χ1) is 9.66. The maximum Gasteiger partial charge on any atom is 0.212 e. The van der Waals surface area contributed by atoms with Gasteiger partial charge >= 0.3 is 0 Å². The van der Waals surface area contributed by atoms with Gasteiger partial charge in [-0.3, -0.25) is 4.79 Å². The van der Waals surface area contributed by atoms with Crippen LogP contribution in [0.2, 0.25) is 5.02 Å². The second-order valence-corrected chi connectivity index (χ2v) is 5.06. The minimum atomic E-state index is -0.149. The lowest BCUT2D eigenvalue weighted by Crippen LogP contribution is -2.05. The van der Waals surface area contributed by atoms with E-state index in [4.69, 9.17) is 11.6 Å². The monoisotopic (exact) mass is 281 g/mol. The first-order valence-corrected chi connectivity index (χ1v) is 6.70. The Hall–Kier alpha value is -2.19. The third-order valence-corrected chi connectivity index (χ3v) is 3.60. The van der Waals surface area contributed by atoms with Crippen LogP contribution in [0.15, 0.2) is 54.6 Å². The van der Waals surface area contributed by atoms with Gasteiger partial charge < -0.3 is 0 Å². The Morgan fingerprint density at radius 1 is 1.05 bits per heavy atom. The van der Waals surface area contributed by atoms with E-state index in [1.165, 1.54) is 0 Å². The van der Waals surface area contributed by atoms with Crippen LogP contribution >= 0.6 is 11.6 Å². The fourth-order valence-electron chi connectivity index (χ4n) is 2.25. The molecule has 0 amide bonds. The van der Waals surface area contributed by atoms with Gasteiger partial charge in [0.25, 0.3) is 0 Å². The van der Waals surface area contributed by atoms with Crippen LogP contribution in [0.25, 0.3) is 10.9 Å². The van der Waals surface area contributed by atoms with Crippen LogP contribution in [0.3, 0.4) is 0 Å². The molecule has 0 radical (unpaired) electrons. The van der Waals surface area contributed by atoms with Gasteiger partial charge in [0.1, 0.15) is 5.69 Å². The van der Waals surface area contributed by atoms with Gasteiger partial charge in [-0.1, -0.05) is 41.9 Å². The molecule has 0 saturated heterocycles. The van der Waals surface area contributed by atoms with E-state index in [0.29, 0.717) is 16.3 Å². The second kappa shape index (κ2) is 5.06. The van der Waals surface area contributed by atoms with Gasteiger partial charge in [0.05, 0.1) is 10.5 Å². The molecule has 0 unspecified atom stereocenters. The standard InChI is InChI=1S/C17H12ClNO/c1-11-10-16(19-15-9-5-3-6-12(11)15)17(20)13-7-2-4-8-14(13)18/h2-10H,1H3. The quantitative estimate of drug-likeness (QED) is 0.651. The molecule has 98 valence electrons.